The fraction of sp³-hybridized carbons (Fsp3) is 0.611. The van der Waals surface area contributed by atoms with Gasteiger partial charge in [-0.05, 0) is 30.9 Å². The van der Waals surface area contributed by atoms with Crippen LogP contribution in [0.2, 0.25) is 0 Å². The summed E-state index contributed by atoms with van der Waals surface area (Å²) in [6.45, 7) is 9.42. The summed E-state index contributed by atoms with van der Waals surface area (Å²) < 4.78 is 11.3. The number of nitrogens with zero attached hydrogens (tertiary/aromatic N) is 2. The lowest BCUT2D eigenvalue weighted by Crippen LogP contribution is -2.44. The first kappa shape index (κ1) is 20.9. The van der Waals surface area contributed by atoms with Gasteiger partial charge in [-0.25, -0.2) is 0 Å². The van der Waals surface area contributed by atoms with Gasteiger partial charge in [-0.15, -0.1) is 24.0 Å². The zero-order valence-corrected chi connectivity index (χ0v) is 17.7. The van der Waals surface area contributed by atoms with Crippen LogP contribution in [-0.4, -0.2) is 50.8 Å². The van der Waals surface area contributed by atoms with Crippen LogP contribution < -0.4 is 14.8 Å². The van der Waals surface area contributed by atoms with Gasteiger partial charge in [0.05, 0.1) is 13.7 Å². The first-order valence-electron chi connectivity index (χ1n) is 8.20. The molecule has 0 radical (unpaired) electrons. The van der Waals surface area contributed by atoms with Gasteiger partial charge in [0.15, 0.2) is 17.5 Å². The molecule has 1 saturated heterocycles. The van der Waals surface area contributed by atoms with Gasteiger partial charge in [0, 0.05) is 20.1 Å². The third-order valence-electron chi connectivity index (χ3n) is 4.13. The number of nitrogens with one attached hydrogen (secondary N) is 1. The van der Waals surface area contributed by atoms with Crippen molar-refractivity contribution in [2.24, 2.45) is 10.4 Å². The fourth-order valence-electron chi connectivity index (χ4n) is 2.84. The molecule has 1 aromatic carbocycles. The molecule has 0 bridgehead atoms. The van der Waals surface area contributed by atoms with Crippen LogP contribution in [0.4, 0.5) is 0 Å². The molecule has 5 nitrogen and oxygen atoms in total. The Kier molecular flexibility index (Phi) is 8.12. The van der Waals surface area contributed by atoms with Crippen molar-refractivity contribution in [3.8, 4) is 11.5 Å². The lowest BCUT2D eigenvalue weighted by molar-refractivity contribution is 0.212. The van der Waals surface area contributed by atoms with E-state index in [1.54, 1.807) is 7.11 Å². The van der Waals surface area contributed by atoms with E-state index in [1.807, 2.05) is 38.2 Å². The quantitative estimate of drug-likeness (QED) is 0.427. The van der Waals surface area contributed by atoms with E-state index in [4.69, 9.17) is 9.47 Å². The van der Waals surface area contributed by atoms with Crippen LogP contribution in [0, 0.1) is 5.41 Å². The molecule has 1 N–H and O–H groups in total. The predicted octanol–water partition coefficient (Wildman–Crippen LogP) is 3.39. The number of hydrogen-bond acceptors (Lipinski definition) is 3. The number of para-hydroxylation sites is 2. The SMILES string of the molecule is CN=C(NCC(C)Oc1ccccc1OC)N1CCC(C)(C)C1.I. The summed E-state index contributed by atoms with van der Waals surface area (Å²) in [5.74, 6) is 2.47. The second kappa shape index (κ2) is 9.34. The molecule has 136 valence electrons. The highest BCUT2D eigenvalue weighted by molar-refractivity contribution is 14.0. The Labute approximate surface area is 162 Å². The lowest BCUT2D eigenvalue weighted by Gasteiger charge is -2.25. The Morgan fingerprint density at radius 3 is 2.54 bits per heavy atom. The Hall–Kier alpha value is -1.18. The number of rotatable bonds is 5. The van der Waals surface area contributed by atoms with Gasteiger partial charge in [-0.1, -0.05) is 26.0 Å². The van der Waals surface area contributed by atoms with Gasteiger partial charge < -0.3 is 19.7 Å². The summed E-state index contributed by atoms with van der Waals surface area (Å²) in [6, 6.07) is 7.71. The number of likely N-dealkylation sites (tertiary alicyclic amines) is 1. The van der Waals surface area contributed by atoms with E-state index in [0.717, 1.165) is 30.5 Å². The second-order valence-corrected chi connectivity index (χ2v) is 6.84. The highest BCUT2D eigenvalue weighted by Crippen LogP contribution is 2.29. The molecule has 1 atom stereocenters. The second-order valence-electron chi connectivity index (χ2n) is 6.84. The van der Waals surface area contributed by atoms with Crippen LogP contribution in [0.3, 0.4) is 0 Å². The highest BCUT2D eigenvalue weighted by Gasteiger charge is 2.30. The van der Waals surface area contributed by atoms with Crippen molar-refractivity contribution in [2.45, 2.75) is 33.3 Å². The van der Waals surface area contributed by atoms with E-state index in [2.05, 4.69) is 29.1 Å². The molecule has 1 aliphatic rings. The lowest BCUT2D eigenvalue weighted by atomic mass is 9.93. The third-order valence-corrected chi connectivity index (χ3v) is 4.13. The van der Waals surface area contributed by atoms with E-state index < -0.39 is 0 Å². The molecular weight excluding hydrogens is 417 g/mol. The minimum absolute atomic E-state index is 0. The summed E-state index contributed by atoms with van der Waals surface area (Å²) >= 11 is 0. The van der Waals surface area contributed by atoms with Crippen molar-refractivity contribution < 1.29 is 9.47 Å². The maximum Gasteiger partial charge on any atom is 0.193 e. The maximum absolute atomic E-state index is 5.97. The highest BCUT2D eigenvalue weighted by atomic mass is 127. The first-order valence-corrected chi connectivity index (χ1v) is 8.20. The van der Waals surface area contributed by atoms with Crippen molar-refractivity contribution in [1.29, 1.82) is 0 Å². The van der Waals surface area contributed by atoms with Crippen molar-refractivity contribution in [3.05, 3.63) is 24.3 Å². The number of benzene rings is 1. The fourth-order valence-corrected chi connectivity index (χ4v) is 2.84. The molecule has 6 heteroatoms. The molecule has 0 saturated carbocycles. The summed E-state index contributed by atoms with van der Waals surface area (Å²) in [5, 5.41) is 3.42. The summed E-state index contributed by atoms with van der Waals surface area (Å²) in [6.07, 6.45) is 1.21. The van der Waals surface area contributed by atoms with E-state index in [-0.39, 0.29) is 30.1 Å². The maximum atomic E-state index is 5.97. The van der Waals surface area contributed by atoms with Crippen LogP contribution in [0.5, 0.6) is 11.5 Å². The van der Waals surface area contributed by atoms with E-state index in [9.17, 15) is 0 Å². The van der Waals surface area contributed by atoms with Gasteiger partial charge in [0.1, 0.15) is 6.10 Å². The predicted molar refractivity (Wildman–Crippen MR) is 110 cm³/mol. The largest absolute Gasteiger partial charge is 0.493 e. The minimum atomic E-state index is 0. The molecule has 1 unspecified atom stereocenters. The Morgan fingerprint density at radius 2 is 2.00 bits per heavy atom. The first-order chi connectivity index (χ1) is 10.9. The zero-order valence-electron chi connectivity index (χ0n) is 15.3. The van der Waals surface area contributed by atoms with E-state index in [1.165, 1.54) is 6.42 Å². The van der Waals surface area contributed by atoms with E-state index >= 15 is 0 Å². The monoisotopic (exact) mass is 447 g/mol. The normalized spacial score (nSPS) is 17.9. The smallest absolute Gasteiger partial charge is 0.193 e. The summed E-state index contributed by atoms with van der Waals surface area (Å²) in [4.78, 5) is 6.71. The Balaban J connectivity index is 0.00000288. The van der Waals surface area contributed by atoms with Crippen molar-refractivity contribution in [3.63, 3.8) is 0 Å². The van der Waals surface area contributed by atoms with Crippen LogP contribution in [0.1, 0.15) is 27.2 Å². The molecule has 24 heavy (non-hydrogen) atoms. The standard InChI is InChI=1S/C18H29N3O2.HI/c1-14(23-16-9-7-6-8-15(16)22-5)12-20-17(19-4)21-11-10-18(2,3)13-21;/h6-9,14H,10-13H2,1-5H3,(H,19,20);1H. The molecule has 0 aliphatic carbocycles. The van der Waals surface area contributed by atoms with Gasteiger partial charge in [0.25, 0.3) is 0 Å². The summed E-state index contributed by atoms with van der Waals surface area (Å²) in [7, 11) is 3.49. The number of methoxy groups -OCH3 is 1. The van der Waals surface area contributed by atoms with Gasteiger partial charge >= 0.3 is 0 Å². The Bertz CT molecular complexity index is 549. The summed E-state index contributed by atoms with van der Waals surface area (Å²) in [5.41, 5.74) is 0.358. The van der Waals surface area contributed by atoms with Crippen LogP contribution in [0.15, 0.2) is 29.3 Å². The van der Waals surface area contributed by atoms with E-state index in [0.29, 0.717) is 12.0 Å². The molecule has 0 spiro atoms. The Morgan fingerprint density at radius 1 is 1.33 bits per heavy atom. The number of ether oxygens (including phenoxy) is 2. The van der Waals surface area contributed by atoms with Gasteiger partial charge in [-0.2, -0.15) is 0 Å². The molecule has 1 heterocycles. The molecule has 1 aliphatic heterocycles. The average Bonchev–Trinajstić information content (AvgIpc) is 2.88. The molecular formula is C18H30IN3O2. The molecule has 0 aromatic heterocycles. The van der Waals surface area contributed by atoms with Crippen molar-refractivity contribution in [2.75, 3.05) is 33.8 Å². The average molecular weight is 447 g/mol. The van der Waals surface area contributed by atoms with Crippen molar-refractivity contribution >= 4 is 29.9 Å². The topological polar surface area (TPSA) is 46.1 Å². The zero-order chi connectivity index (χ0) is 16.9. The number of guanidine groups is 1. The molecule has 2 rings (SSSR count). The molecule has 1 aromatic rings. The van der Waals surface area contributed by atoms with Crippen LogP contribution in [-0.2, 0) is 0 Å². The van der Waals surface area contributed by atoms with Gasteiger partial charge in [0.2, 0.25) is 0 Å². The number of aliphatic imine (C=N–C) groups is 1. The minimum Gasteiger partial charge on any atom is -0.493 e. The van der Waals surface area contributed by atoms with Crippen LogP contribution in [0.25, 0.3) is 0 Å². The van der Waals surface area contributed by atoms with Gasteiger partial charge in [-0.3, -0.25) is 4.99 Å². The molecule has 0 amide bonds. The van der Waals surface area contributed by atoms with Crippen LogP contribution >= 0.6 is 24.0 Å². The molecule has 1 fully saturated rings. The number of halogens is 1. The van der Waals surface area contributed by atoms with Crippen molar-refractivity contribution in [1.82, 2.24) is 10.2 Å². The number of hydrogen-bond donors (Lipinski definition) is 1. The third kappa shape index (κ3) is 5.72.